The van der Waals surface area contributed by atoms with E-state index in [0.717, 1.165) is 28.9 Å². The third-order valence-corrected chi connectivity index (χ3v) is 5.52. The van der Waals surface area contributed by atoms with Crippen molar-refractivity contribution in [2.75, 3.05) is 18.4 Å². The maximum absolute atomic E-state index is 13.6. The van der Waals surface area contributed by atoms with Crippen LogP contribution >= 0.6 is 11.3 Å². The highest BCUT2D eigenvalue weighted by Gasteiger charge is 2.21. The maximum Gasteiger partial charge on any atom is 0.254 e. The van der Waals surface area contributed by atoms with Crippen molar-refractivity contribution in [3.05, 3.63) is 52.4 Å². The van der Waals surface area contributed by atoms with Crippen LogP contribution in [0.5, 0.6) is 0 Å². The number of aryl methyl sites for hydroxylation is 2. The number of fused-ring (bicyclic) bond motifs is 3. The van der Waals surface area contributed by atoms with E-state index in [1.807, 2.05) is 0 Å². The number of rotatable bonds is 5. The number of carbonyl (C=O) groups excluding carboxylic acids is 1. The Labute approximate surface area is 148 Å². The number of nitrogens with zero attached hydrogens (tertiary/aromatic N) is 2. The first kappa shape index (κ1) is 16.0. The molecular weight excluding hydrogens is 339 g/mol. The van der Waals surface area contributed by atoms with Crippen LogP contribution in [0, 0.1) is 5.82 Å². The molecule has 0 radical (unpaired) electrons. The van der Waals surface area contributed by atoms with Gasteiger partial charge in [0, 0.05) is 18.0 Å². The third-order valence-electron chi connectivity index (χ3n) is 4.32. The zero-order chi connectivity index (χ0) is 17.2. The van der Waals surface area contributed by atoms with Crippen LogP contribution in [0.4, 0.5) is 10.2 Å². The van der Waals surface area contributed by atoms with Crippen molar-refractivity contribution in [3.63, 3.8) is 0 Å². The fourth-order valence-electron chi connectivity index (χ4n) is 3.16. The van der Waals surface area contributed by atoms with Crippen LogP contribution in [0.15, 0.2) is 30.6 Å². The van der Waals surface area contributed by atoms with Gasteiger partial charge in [0.2, 0.25) is 0 Å². The molecule has 0 atom stereocenters. The van der Waals surface area contributed by atoms with Crippen LogP contribution in [-0.2, 0) is 12.8 Å². The number of hydrogen-bond acceptors (Lipinski definition) is 5. The number of anilines is 1. The topological polar surface area (TPSA) is 66.9 Å². The molecule has 0 fully saturated rings. The van der Waals surface area contributed by atoms with Gasteiger partial charge >= 0.3 is 0 Å². The largest absolute Gasteiger partial charge is 0.368 e. The molecule has 5 nitrogen and oxygen atoms in total. The van der Waals surface area contributed by atoms with E-state index < -0.39 is 11.7 Å². The van der Waals surface area contributed by atoms with Gasteiger partial charge in [-0.2, -0.15) is 0 Å². The molecule has 0 saturated carbocycles. The number of amides is 1. The third kappa shape index (κ3) is 3.07. The summed E-state index contributed by atoms with van der Waals surface area (Å²) in [6, 6.07) is 5.96. The monoisotopic (exact) mass is 356 g/mol. The number of benzene rings is 1. The van der Waals surface area contributed by atoms with E-state index in [-0.39, 0.29) is 5.56 Å². The van der Waals surface area contributed by atoms with Crippen LogP contribution in [-0.4, -0.2) is 29.0 Å². The summed E-state index contributed by atoms with van der Waals surface area (Å²) in [6.45, 7) is 0.891. The van der Waals surface area contributed by atoms with Gasteiger partial charge in [-0.3, -0.25) is 4.79 Å². The van der Waals surface area contributed by atoms with E-state index in [0.29, 0.717) is 13.1 Å². The Balaban J connectivity index is 1.40. The number of halogens is 1. The Morgan fingerprint density at radius 3 is 2.96 bits per heavy atom. The minimum absolute atomic E-state index is 0.0579. The van der Waals surface area contributed by atoms with Gasteiger partial charge in [-0.1, -0.05) is 12.1 Å². The molecule has 3 aromatic rings. The van der Waals surface area contributed by atoms with E-state index in [4.69, 9.17) is 0 Å². The van der Waals surface area contributed by atoms with Crippen LogP contribution in [0.2, 0.25) is 0 Å². The molecule has 128 valence electrons. The fraction of sp³-hybridized carbons (Fsp3) is 0.278. The molecule has 0 saturated heterocycles. The average Bonchev–Trinajstić information content (AvgIpc) is 3.20. The molecule has 2 heterocycles. The lowest BCUT2D eigenvalue weighted by Crippen LogP contribution is -2.29. The van der Waals surface area contributed by atoms with Crippen molar-refractivity contribution in [2.24, 2.45) is 0 Å². The first-order valence-corrected chi connectivity index (χ1v) is 9.07. The van der Waals surface area contributed by atoms with Gasteiger partial charge in [0.25, 0.3) is 5.91 Å². The lowest BCUT2D eigenvalue weighted by molar-refractivity contribution is 0.0951. The van der Waals surface area contributed by atoms with E-state index >= 15 is 0 Å². The summed E-state index contributed by atoms with van der Waals surface area (Å²) in [4.78, 5) is 23.1. The first-order chi connectivity index (χ1) is 12.2. The lowest BCUT2D eigenvalue weighted by atomic mass is 10.2. The highest BCUT2D eigenvalue weighted by Crippen LogP contribution is 2.38. The number of aromatic nitrogens is 2. The molecule has 1 amide bonds. The average molecular weight is 356 g/mol. The van der Waals surface area contributed by atoms with Gasteiger partial charge in [0.05, 0.1) is 10.9 Å². The molecule has 0 bridgehead atoms. The summed E-state index contributed by atoms with van der Waals surface area (Å²) in [5, 5.41) is 7.11. The Morgan fingerprint density at radius 1 is 1.20 bits per heavy atom. The molecule has 0 spiro atoms. The van der Waals surface area contributed by atoms with E-state index in [1.165, 1.54) is 29.0 Å². The quantitative estimate of drug-likeness (QED) is 0.689. The van der Waals surface area contributed by atoms with Crippen molar-refractivity contribution in [1.29, 1.82) is 0 Å². The summed E-state index contributed by atoms with van der Waals surface area (Å²) in [7, 11) is 0. The summed E-state index contributed by atoms with van der Waals surface area (Å²) < 4.78 is 13.6. The van der Waals surface area contributed by atoms with Gasteiger partial charge < -0.3 is 10.6 Å². The van der Waals surface area contributed by atoms with Crippen LogP contribution in [0.3, 0.4) is 0 Å². The van der Waals surface area contributed by atoms with Gasteiger partial charge in [-0.15, -0.1) is 11.3 Å². The van der Waals surface area contributed by atoms with Crippen LogP contribution < -0.4 is 10.6 Å². The number of nitrogens with one attached hydrogen (secondary N) is 2. The zero-order valence-corrected chi connectivity index (χ0v) is 14.3. The van der Waals surface area contributed by atoms with Crippen LogP contribution in [0.1, 0.15) is 27.2 Å². The maximum atomic E-state index is 13.6. The fourth-order valence-corrected chi connectivity index (χ4v) is 4.39. The molecule has 1 aromatic carbocycles. The summed E-state index contributed by atoms with van der Waals surface area (Å²) in [5.74, 6) is -0.118. The van der Waals surface area contributed by atoms with Crippen molar-refractivity contribution in [1.82, 2.24) is 15.3 Å². The summed E-state index contributed by atoms with van der Waals surface area (Å²) >= 11 is 1.74. The van der Waals surface area contributed by atoms with E-state index in [2.05, 4.69) is 20.6 Å². The number of carbonyl (C=O) groups is 1. The predicted octanol–water partition coefficient (Wildman–Crippen LogP) is 3.16. The molecular formula is C18H17FN4OS. The Hall–Kier alpha value is -2.54. The van der Waals surface area contributed by atoms with Gasteiger partial charge in [-0.05, 0) is 37.0 Å². The molecule has 2 N–H and O–H groups in total. The van der Waals surface area contributed by atoms with Crippen molar-refractivity contribution in [3.8, 4) is 0 Å². The molecule has 1 aliphatic rings. The Morgan fingerprint density at radius 2 is 2.08 bits per heavy atom. The van der Waals surface area contributed by atoms with Gasteiger partial charge in [-0.25, -0.2) is 14.4 Å². The second kappa shape index (κ2) is 6.76. The van der Waals surface area contributed by atoms with Crippen molar-refractivity contribution >= 4 is 33.3 Å². The molecule has 0 unspecified atom stereocenters. The van der Waals surface area contributed by atoms with E-state index in [9.17, 15) is 9.18 Å². The molecule has 1 aliphatic carbocycles. The Kier molecular flexibility index (Phi) is 4.31. The van der Waals surface area contributed by atoms with Crippen LogP contribution in [0.25, 0.3) is 10.2 Å². The molecule has 4 rings (SSSR count). The molecule has 25 heavy (non-hydrogen) atoms. The SMILES string of the molecule is O=C(NCCNc1ncnc2sc3c(c12)CCC3)c1ccccc1F. The van der Waals surface area contributed by atoms with Crippen molar-refractivity contribution < 1.29 is 9.18 Å². The molecule has 2 aromatic heterocycles. The van der Waals surface area contributed by atoms with Gasteiger partial charge in [0.15, 0.2) is 0 Å². The Bertz CT molecular complexity index is 940. The standard InChI is InChI=1S/C18H17FN4OS/c19-13-6-2-1-4-11(13)17(24)21-9-8-20-16-15-12-5-3-7-14(12)25-18(15)23-10-22-16/h1-2,4,6,10H,3,5,7-9H2,(H,21,24)(H,20,22,23). The van der Waals surface area contributed by atoms with E-state index in [1.54, 1.807) is 29.8 Å². The molecule has 7 heteroatoms. The number of thiophene rings is 1. The lowest BCUT2D eigenvalue weighted by Gasteiger charge is -2.09. The second-order valence-corrected chi connectivity index (χ2v) is 7.01. The highest BCUT2D eigenvalue weighted by atomic mass is 32.1. The van der Waals surface area contributed by atoms with Gasteiger partial charge in [0.1, 0.15) is 22.8 Å². The summed E-state index contributed by atoms with van der Waals surface area (Å²) in [5.41, 5.74) is 1.42. The first-order valence-electron chi connectivity index (χ1n) is 8.26. The number of hydrogen-bond donors (Lipinski definition) is 2. The highest BCUT2D eigenvalue weighted by molar-refractivity contribution is 7.19. The smallest absolute Gasteiger partial charge is 0.254 e. The minimum Gasteiger partial charge on any atom is -0.368 e. The molecule has 0 aliphatic heterocycles. The van der Waals surface area contributed by atoms with Crippen molar-refractivity contribution in [2.45, 2.75) is 19.3 Å². The normalized spacial score (nSPS) is 13.0. The minimum atomic E-state index is -0.515. The second-order valence-electron chi connectivity index (χ2n) is 5.92. The summed E-state index contributed by atoms with van der Waals surface area (Å²) in [6.07, 6.45) is 4.94. The zero-order valence-electron chi connectivity index (χ0n) is 13.5. The predicted molar refractivity (Wildman–Crippen MR) is 96.7 cm³/mol.